The van der Waals surface area contributed by atoms with Gasteiger partial charge in [-0.1, -0.05) is 54.6 Å². The molecule has 2 aromatic carbocycles. The number of nitrogens with zero attached hydrogens (tertiary/aromatic N) is 4. The molecule has 5 nitrogen and oxygen atoms in total. The molecule has 30 heavy (non-hydrogen) atoms. The summed E-state index contributed by atoms with van der Waals surface area (Å²) in [5.41, 5.74) is 4.92. The maximum Gasteiger partial charge on any atom is 0.325 e. The molecule has 2 aliphatic heterocycles. The van der Waals surface area contributed by atoms with Crippen LogP contribution < -0.4 is 4.90 Å². The second-order valence-electron chi connectivity index (χ2n) is 7.97. The third-order valence-corrected chi connectivity index (χ3v) is 5.61. The van der Waals surface area contributed by atoms with Gasteiger partial charge in [0.1, 0.15) is 0 Å². The number of hydrogen-bond donors (Lipinski definition) is 0. The molecule has 2 aromatic rings. The Morgan fingerprint density at radius 1 is 1.03 bits per heavy atom. The molecule has 0 spiro atoms. The van der Waals surface area contributed by atoms with Crippen LogP contribution in [0.5, 0.6) is 0 Å². The molecule has 1 fully saturated rings. The van der Waals surface area contributed by atoms with Crippen LogP contribution in [0.1, 0.15) is 17.5 Å². The number of carbonyl (C=O) groups is 1. The highest BCUT2D eigenvalue weighted by Gasteiger charge is 2.29. The van der Waals surface area contributed by atoms with Gasteiger partial charge in [0.15, 0.2) is 0 Å². The number of anilines is 1. The van der Waals surface area contributed by atoms with E-state index in [1.807, 2.05) is 23.1 Å². The summed E-state index contributed by atoms with van der Waals surface area (Å²) in [5.74, 6) is 0. The second kappa shape index (κ2) is 8.98. The summed E-state index contributed by atoms with van der Waals surface area (Å²) in [7, 11) is 0. The lowest BCUT2D eigenvalue weighted by molar-refractivity contribution is 0.206. The minimum absolute atomic E-state index is 0.0231. The van der Waals surface area contributed by atoms with Crippen molar-refractivity contribution < 1.29 is 4.79 Å². The first-order valence-electron chi connectivity index (χ1n) is 10.3. The molecule has 2 heterocycles. The Hall–Kier alpha value is -3.36. The lowest BCUT2D eigenvalue weighted by atomic mass is 10.1. The molecule has 0 radical (unpaired) electrons. The lowest BCUT2D eigenvalue weighted by Gasteiger charge is -2.38. The first kappa shape index (κ1) is 19.9. The van der Waals surface area contributed by atoms with E-state index in [1.165, 1.54) is 11.1 Å². The Morgan fingerprint density at radius 2 is 1.87 bits per heavy atom. The monoisotopic (exact) mass is 398 g/mol. The van der Waals surface area contributed by atoms with E-state index in [0.29, 0.717) is 25.2 Å². The van der Waals surface area contributed by atoms with E-state index in [9.17, 15) is 4.79 Å². The number of benzene rings is 2. The zero-order valence-corrected chi connectivity index (χ0v) is 17.1. The van der Waals surface area contributed by atoms with Crippen LogP contribution in [0.15, 0.2) is 78.4 Å². The average molecular weight is 399 g/mol. The van der Waals surface area contributed by atoms with E-state index in [2.05, 4.69) is 47.9 Å². The smallest absolute Gasteiger partial charge is 0.316 e. The fraction of sp³-hybridized carbons (Fsp3) is 0.280. The standard InChI is InChI=1S/C25H26N4O/c1-20-16-28(25(30)29(17-20)24-9-5-8-23(14-24)15-26)19-22-10-12-27(13-11-22)18-21-6-3-2-4-7-21/h2-10,14H,1,11-13,16-19H2. The largest absolute Gasteiger partial charge is 0.325 e. The summed E-state index contributed by atoms with van der Waals surface area (Å²) >= 11 is 0. The van der Waals surface area contributed by atoms with Crippen molar-refractivity contribution in [3.63, 3.8) is 0 Å². The molecule has 2 amide bonds. The fourth-order valence-electron chi connectivity index (χ4n) is 4.05. The molecular formula is C25H26N4O. The van der Waals surface area contributed by atoms with E-state index in [0.717, 1.165) is 37.3 Å². The topological polar surface area (TPSA) is 50.6 Å². The highest BCUT2D eigenvalue weighted by atomic mass is 16.2. The number of amides is 2. The molecule has 152 valence electrons. The number of rotatable bonds is 5. The van der Waals surface area contributed by atoms with Gasteiger partial charge in [-0.05, 0) is 35.8 Å². The van der Waals surface area contributed by atoms with Gasteiger partial charge in [-0.25, -0.2) is 4.79 Å². The summed E-state index contributed by atoms with van der Waals surface area (Å²) in [6.07, 6.45) is 3.23. The summed E-state index contributed by atoms with van der Waals surface area (Å²) in [6, 6.07) is 19.8. The van der Waals surface area contributed by atoms with Crippen molar-refractivity contribution in [2.45, 2.75) is 13.0 Å². The molecule has 1 saturated heterocycles. The summed E-state index contributed by atoms with van der Waals surface area (Å²) < 4.78 is 0. The minimum atomic E-state index is -0.0231. The van der Waals surface area contributed by atoms with Crippen molar-refractivity contribution in [2.75, 3.05) is 37.6 Å². The SMILES string of the molecule is C=C1CN(CC2=CCN(Cc3ccccc3)CC2)C(=O)N(c2cccc(C#N)c2)C1. The van der Waals surface area contributed by atoms with Gasteiger partial charge in [0, 0.05) is 38.4 Å². The van der Waals surface area contributed by atoms with Crippen LogP contribution in [-0.2, 0) is 6.54 Å². The van der Waals surface area contributed by atoms with E-state index in [-0.39, 0.29) is 6.03 Å². The third kappa shape index (κ3) is 4.61. The number of carbonyl (C=O) groups excluding carboxylic acids is 1. The van der Waals surface area contributed by atoms with Gasteiger partial charge in [0.05, 0.1) is 18.2 Å². The van der Waals surface area contributed by atoms with Crippen LogP contribution in [0.2, 0.25) is 0 Å². The van der Waals surface area contributed by atoms with Gasteiger partial charge < -0.3 is 4.90 Å². The predicted octanol–water partition coefficient (Wildman–Crippen LogP) is 4.19. The van der Waals surface area contributed by atoms with Crippen LogP contribution in [0.3, 0.4) is 0 Å². The van der Waals surface area contributed by atoms with E-state index < -0.39 is 0 Å². The lowest BCUT2D eigenvalue weighted by Crippen LogP contribution is -2.51. The third-order valence-electron chi connectivity index (χ3n) is 5.61. The van der Waals surface area contributed by atoms with Crippen molar-refractivity contribution in [3.8, 4) is 6.07 Å². The number of hydrogen-bond acceptors (Lipinski definition) is 3. The first-order valence-corrected chi connectivity index (χ1v) is 10.3. The highest BCUT2D eigenvalue weighted by Crippen LogP contribution is 2.24. The van der Waals surface area contributed by atoms with Crippen LogP contribution >= 0.6 is 0 Å². The highest BCUT2D eigenvalue weighted by molar-refractivity contribution is 5.94. The van der Waals surface area contributed by atoms with Crippen LogP contribution in [0, 0.1) is 11.3 Å². The first-order chi connectivity index (χ1) is 14.6. The van der Waals surface area contributed by atoms with Crippen molar-refractivity contribution >= 4 is 11.7 Å². The zero-order chi connectivity index (χ0) is 20.9. The molecule has 0 saturated carbocycles. The van der Waals surface area contributed by atoms with Gasteiger partial charge >= 0.3 is 6.03 Å². The number of nitriles is 1. The van der Waals surface area contributed by atoms with Gasteiger partial charge in [-0.2, -0.15) is 5.26 Å². The van der Waals surface area contributed by atoms with Crippen molar-refractivity contribution in [3.05, 3.63) is 89.5 Å². The van der Waals surface area contributed by atoms with Gasteiger partial charge in [0.25, 0.3) is 0 Å². The molecule has 0 aromatic heterocycles. The summed E-state index contributed by atoms with van der Waals surface area (Å²) in [6.45, 7) is 8.70. The molecular weight excluding hydrogens is 372 g/mol. The Morgan fingerprint density at radius 3 is 2.60 bits per heavy atom. The Balaban J connectivity index is 1.41. The molecule has 0 bridgehead atoms. The van der Waals surface area contributed by atoms with Crippen LogP contribution in [0.4, 0.5) is 10.5 Å². The molecule has 0 N–H and O–H groups in total. The Bertz CT molecular complexity index is 1010. The van der Waals surface area contributed by atoms with Crippen LogP contribution in [-0.4, -0.2) is 48.6 Å². The molecule has 2 aliphatic rings. The number of urea groups is 1. The molecule has 0 unspecified atom stereocenters. The Labute approximate surface area is 178 Å². The van der Waals surface area contributed by atoms with Gasteiger partial charge in [-0.3, -0.25) is 9.80 Å². The molecule has 0 atom stereocenters. The van der Waals surface area contributed by atoms with E-state index >= 15 is 0 Å². The van der Waals surface area contributed by atoms with Crippen molar-refractivity contribution in [2.24, 2.45) is 0 Å². The van der Waals surface area contributed by atoms with Crippen molar-refractivity contribution in [1.29, 1.82) is 5.26 Å². The molecule has 5 heteroatoms. The van der Waals surface area contributed by atoms with Crippen LogP contribution in [0.25, 0.3) is 0 Å². The summed E-state index contributed by atoms with van der Waals surface area (Å²) in [4.78, 5) is 19.2. The van der Waals surface area contributed by atoms with E-state index in [1.54, 1.807) is 17.0 Å². The zero-order valence-electron chi connectivity index (χ0n) is 17.1. The minimum Gasteiger partial charge on any atom is -0.316 e. The average Bonchev–Trinajstić information content (AvgIpc) is 2.78. The summed E-state index contributed by atoms with van der Waals surface area (Å²) in [5, 5.41) is 9.17. The quantitative estimate of drug-likeness (QED) is 0.710. The van der Waals surface area contributed by atoms with Gasteiger partial charge in [0.2, 0.25) is 0 Å². The molecule has 4 rings (SSSR count). The predicted molar refractivity (Wildman–Crippen MR) is 119 cm³/mol. The Kier molecular flexibility index (Phi) is 5.97. The maximum atomic E-state index is 13.1. The second-order valence-corrected chi connectivity index (χ2v) is 7.97. The molecule has 0 aliphatic carbocycles. The fourth-order valence-corrected chi connectivity index (χ4v) is 4.05. The normalized spacial score (nSPS) is 17.6. The van der Waals surface area contributed by atoms with E-state index in [4.69, 9.17) is 5.26 Å². The van der Waals surface area contributed by atoms with Crippen molar-refractivity contribution in [1.82, 2.24) is 9.80 Å². The maximum absolute atomic E-state index is 13.1. The van der Waals surface area contributed by atoms with Gasteiger partial charge in [-0.15, -0.1) is 0 Å².